The lowest BCUT2D eigenvalue weighted by Crippen LogP contribution is -2.32. The zero-order chi connectivity index (χ0) is 17.6. The normalized spacial score (nSPS) is 14.0. The lowest BCUT2D eigenvalue weighted by atomic mass is 10.1. The van der Waals surface area contributed by atoms with Crippen LogP contribution in [0.3, 0.4) is 0 Å². The van der Waals surface area contributed by atoms with Crippen LogP contribution in [-0.2, 0) is 6.54 Å². The fourth-order valence-corrected chi connectivity index (χ4v) is 4.48. The van der Waals surface area contributed by atoms with Crippen LogP contribution in [0.1, 0.15) is 45.2 Å². The van der Waals surface area contributed by atoms with Gasteiger partial charge in [-0.05, 0) is 50.8 Å². The van der Waals surface area contributed by atoms with Gasteiger partial charge in [0.15, 0.2) is 0 Å². The van der Waals surface area contributed by atoms with E-state index >= 15 is 0 Å². The SMILES string of the molecule is Cc1nc(C)c2c(C)c(C(=O)N(Cc3cccnc3)C3CC3)sc2n1. The molecule has 0 atom stereocenters. The fraction of sp³-hybridized carbons (Fsp3) is 0.368. The predicted octanol–water partition coefficient (Wildman–Crippen LogP) is 3.82. The molecule has 1 aliphatic carbocycles. The molecular weight excluding hydrogens is 332 g/mol. The highest BCUT2D eigenvalue weighted by Gasteiger charge is 2.34. The summed E-state index contributed by atoms with van der Waals surface area (Å²) in [6.45, 7) is 6.49. The van der Waals surface area contributed by atoms with Gasteiger partial charge in [-0.2, -0.15) is 0 Å². The average molecular weight is 352 g/mol. The van der Waals surface area contributed by atoms with Crippen molar-refractivity contribution in [3.8, 4) is 0 Å². The first-order valence-corrected chi connectivity index (χ1v) is 9.30. The second kappa shape index (κ2) is 6.19. The number of pyridine rings is 1. The molecule has 3 aromatic rings. The molecule has 0 aliphatic heterocycles. The van der Waals surface area contributed by atoms with Crippen LogP contribution in [0, 0.1) is 20.8 Å². The van der Waals surface area contributed by atoms with E-state index in [-0.39, 0.29) is 5.91 Å². The topological polar surface area (TPSA) is 59.0 Å². The molecule has 3 heterocycles. The van der Waals surface area contributed by atoms with Gasteiger partial charge in [0.2, 0.25) is 0 Å². The van der Waals surface area contributed by atoms with Crippen LogP contribution >= 0.6 is 11.3 Å². The third-order valence-electron chi connectivity index (χ3n) is 4.60. The minimum absolute atomic E-state index is 0.101. The van der Waals surface area contributed by atoms with Crippen molar-refractivity contribution in [1.82, 2.24) is 19.9 Å². The molecular formula is C19H20N4OS. The Bertz CT molecular complexity index is 947. The number of aryl methyl sites for hydroxylation is 3. The maximum Gasteiger partial charge on any atom is 0.264 e. The lowest BCUT2D eigenvalue weighted by Gasteiger charge is -2.22. The molecule has 5 nitrogen and oxygen atoms in total. The van der Waals surface area contributed by atoms with Crippen LogP contribution in [0.25, 0.3) is 10.2 Å². The van der Waals surface area contributed by atoms with Gasteiger partial charge < -0.3 is 4.90 Å². The molecule has 1 saturated carbocycles. The summed E-state index contributed by atoms with van der Waals surface area (Å²) in [5.41, 5.74) is 3.01. The molecule has 128 valence electrons. The molecule has 0 N–H and O–H groups in total. The van der Waals surface area contributed by atoms with Crippen molar-refractivity contribution in [2.24, 2.45) is 0 Å². The Labute approximate surface area is 150 Å². The third kappa shape index (κ3) is 3.02. The van der Waals surface area contributed by atoms with Crippen molar-refractivity contribution < 1.29 is 4.79 Å². The van der Waals surface area contributed by atoms with Crippen molar-refractivity contribution in [2.45, 2.75) is 46.2 Å². The van der Waals surface area contributed by atoms with Crippen LogP contribution in [0.5, 0.6) is 0 Å². The summed E-state index contributed by atoms with van der Waals surface area (Å²) in [4.78, 5) is 30.1. The van der Waals surface area contributed by atoms with E-state index in [0.29, 0.717) is 12.6 Å². The summed E-state index contributed by atoms with van der Waals surface area (Å²) in [5.74, 6) is 0.851. The zero-order valence-corrected chi connectivity index (χ0v) is 15.4. The van der Waals surface area contributed by atoms with Gasteiger partial charge >= 0.3 is 0 Å². The van der Waals surface area contributed by atoms with Crippen molar-refractivity contribution in [3.05, 3.63) is 52.0 Å². The number of hydrogen-bond acceptors (Lipinski definition) is 5. The minimum atomic E-state index is 0.101. The molecule has 1 fully saturated rings. The summed E-state index contributed by atoms with van der Waals surface area (Å²) < 4.78 is 0. The first-order valence-electron chi connectivity index (χ1n) is 8.49. The monoisotopic (exact) mass is 352 g/mol. The molecule has 3 aromatic heterocycles. The Morgan fingerprint density at radius 1 is 1.28 bits per heavy atom. The maximum absolute atomic E-state index is 13.3. The van der Waals surface area contributed by atoms with E-state index in [1.54, 1.807) is 6.20 Å². The van der Waals surface area contributed by atoms with Gasteiger partial charge in [0, 0.05) is 36.1 Å². The van der Waals surface area contributed by atoms with Crippen molar-refractivity contribution in [2.75, 3.05) is 0 Å². The fourth-order valence-electron chi connectivity index (χ4n) is 3.25. The number of fused-ring (bicyclic) bond motifs is 1. The Hall–Kier alpha value is -2.34. The number of carbonyl (C=O) groups is 1. The van der Waals surface area contributed by atoms with E-state index in [1.807, 2.05) is 44.0 Å². The predicted molar refractivity (Wildman–Crippen MR) is 98.8 cm³/mol. The van der Waals surface area contributed by atoms with E-state index in [2.05, 4.69) is 15.0 Å². The second-order valence-electron chi connectivity index (χ2n) is 6.62. The second-order valence-corrected chi connectivity index (χ2v) is 7.62. The highest BCUT2D eigenvalue weighted by atomic mass is 32.1. The number of aromatic nitrogens is 3. The molecule has 0 spiro atoms. The van der Waals surface area contributed by atoms with Crippen LogP contribution in [0.4, 0.5) is 0 Å². The Morgan fingerprint density at radius 3 is 2.76 bits per heavy atom. The molecule has 4 rings (SSSR count). The summed E-state index contributed by atoms with van der Waals surface area (Å²) in [5, 5.41) is 1.02. The van der Waals surface area contributed by atoms with Gasteiger partial charge in [-0.25, -0.2) is 9.97 Å². The molecule has 0 saturated heterocycles. The highest BCUT2D eigenvalue weighted by Crippen LogP contribution is 2.35. The van der Waals surface area contributed by atoms with Crippen LogP contribution in [0.15, 0.2) is 24.5 Å². The zero-order valence-electron chi connectivity index (χ0n) is 14.6. The van der Waals surface area contributed by atoms with Gasteiger partial charge in [0.05, 0.1) is 4.88 Å². The van der Waals surface area contributed by atoms with E-state index < -0.39 is 0 Å². The van der Waals surface area contributed by atoms with Gasteiger partial charge in [-0.15, -0.1) is 11.3 Å². The Balaban J connectivity index is 1.72. The first-order chi connectivity index (χ1) is 12.0. The van der Waals surface area contributed by atoms with Gasteiger partial charge in [0.25, 0.3) is 5.91 Å². The van der Waals surface area contributed by atoms with E-state index in [4.69, 9.17) is 0 Å². The van der Waals surface area contributed by atoms with Crippen LogP contribution < -0.4 is 0 Å². The van der Waals surface area contributed by atoms with Crippen molar-refractivity contribution in [1.29, 1.82) is 0 Å². The van der Waals surface area contributed by atoms with Gasteiger partial charge in [0.1, 0.15) is 10.7 Å². The van der Waals surface area contributed by atoms with E-state index in [0.717, 1.165) is 50.6 Å². The van der Waals surface area contributed by atoms with E-state index in [9.17, 15) is 4.79 Å². The number of amides is 1. The van der Waals surface area contributed by atoms with Crippen LogP contribution in [0.2, 0.25) is 0 Å². The number of hydrogen-bond donors (Lipinski definition) is 0. The Morgan fingerprint density at radius 2 is 2.08 bits per heavy atom. The molecule has 0 unspecified atom stereocenters. The van der Waals surface area contributed by atoms with Crippen molar-refractivity contribution in [3.63, 3.8) is 0 Å². The van der Waals surface area contributed by atoms with Gasteiger partial charge in [-0.3, -0.25) is 9.78 Å². The Kier molecular flexibility index (Phi) is 4.00. The summed E-state index contributed by atoms with van der Waals surface area (Å²) in [6.07, 6.45) is 5.74. The number of rotatable bonds is 4. The first kappa shape index (κ1) is 16.1. The molecule has 6 heteroatoms. The van der Waals surface area contributed by atoms with Crippen molar-refractivity contribution >= 4 is 27.5 Å². The molecule has 0 aromatic carbocycles. The molecule has 25 heavy (non-hydrogen) atoms. The largest absolute Gasteiger partial charge is 0.331 e. The quantitative estimate of drug-likeness (QED) is 0.716. The summed E-state index contributed by atoms with van der Waals surface area (Å²) >= 11 is 1.49. The summed E-state index contributed by atoms with van der Waals surface area (Å²) in [6, 6.07) is 4.27. The number of carbonyl (C=O) groups excluding carboxylic acids is 1. The molecule has 1 aliphatic rings. The van der Waals surface area contributed by atoms with Gasteiger partial charge in [-0.1, -0.05) is 6.07 Å². The van der Waals surface area contributed by atoms with Crippen LogP contribution in [-0.4, -0.2) is 31.8 Å². The molecule has 0 bridgehead atoms. The lowest BCUT2D eigenvalue weighted by molar-refractivity contribution is 0.0734. The average Bonchev–Trinajstić information content (AvgIpc) is 3.37. The molecule has 1 amide bonds. The smallest absolute Gasteiger partial charge is 0.264 e. The minimum Gasteiger partial charge on any atom is -0.331 e. The number of nitrogens with zero attached hydrogens (tertiary/aromatic N) is 4. The number of thiophene rings is 1. The summed E-state index contributed by atoms with van der Waals surface area (Å²) in [7, 11) is 0. The standard InChI is InChI=1S/C19H20N4OS/c1-11-16-12(2)21-13(3)22-18(16)25-17(11)19(24)23(15-6-7-15)10-14-5-4-8-20-9-14/h4-5,8-9,15H,6-7,10H2,1-3H3. The van der Waals surface area contributed by atoms with E-state index in [1.165, 1.54) is 11.3 Å². The molecule has 0 radical (unpaired) electrons. The third-order valence-corrected chi connectivity index (χ3v) is 5.78. The maximum atomic E-state index is 13.3. The highest BCUT2D eigenvalue weighted by molar-refractivity contribution is 7.20.